The van der Waals surface area contributed by atoms with Crippen molar-refractivity contribution in [1.29, 1.82) is 0 Å². The molecule has 0 spiro atoms. The maximum absolute atomic E-state index is 12.6. The van der Waals surface area contributed by atoms with Crippen LogP contribution in [0.2, 0.25) is 0 Å². The van der Waals surface area contributed by atoms with Crippen molar-refractivity contribution in [3.05, 3.63) is 18.7 Å². The van der Waals surface area contributed by atoms with Crippen molar-refractivity contribution >= 4 is 11.8 Å². The highest BCUT2D eigenvalue weighted by atomic mass is 16.2. The fraction of sp³-hybridized carbons (Fsp3) is 0.722. The van der Waals surface area contributed by atoms with Gasteiger partial charge in [0, 0.05) is 30.9 Å². The first-order chi connectivity index (χ1) is 11.5. The highest BCUT2D eigenvalue weighted by Crippen LogP contribution is 2.24. The van der Waals surface area contributed by atoms with E-state index in [1.807, 2.05) is 31.5 Å². The summed E-state index contributed by atoms with van der Waals surface area (Å²) in [6, 6.07) is -0.510. The number of imidazole rings is 1. The average Bonchev–Trinajstić information content (AvgIpc) is 3.05. The van der Waals surface area contributed by atoms with E-state index >= 15 is 0 Å². The summed E-state index contributed by atoms with van der Waals surface area (Å²) in [5, 5.41) is 5.99. The monoisotopic (exact) mass is 334 g/mol. The van der Waals surface area contributed by atoms with Crippen LogP contribution >= 0.6 is 0 Å². The first kappa shape index (κ1) is 18.5. The minimum atomic E-state index is -0.482. The molecule has 0 saturated heterocycles. The second kappa shape index (κ2) is 8.85. The zero-order chi connectivity index (χ0) is 17.5. The summed E-state index contributed by atoms with van der Waals surface area (Å²) in [6.45, 7) is 6.54. The number of hydrogen-bond acceptors (Lipinski definition) is 3. The van der Waals surface area contributed by atoms with Gasteiger partial charge in [-0.3, -0.25) is 9.59 Å². The summed E-state index contributed by atoms with van der Waals surface area (Å²) in [6.07, 6.45) is 10.6. The molecular weight excluding hydrogens is 304 g/mol. The van der Waals surface area contributed by atoms with Crippen LogP contribution in [-0.2, 0) is 16.1 Å². The van der Waals surface area contributed by atoms with Crippen molar-refractivity contribution in [3.8, 4) is 0 Å². The summed E-state index contributed by atoms with van der Waals surface area (Å²) in [5.41, 5.74) is 0. The largest absolute Gasteiger partial charge is 0.350 e. The van der Waals surface area contributed by atoms with Crippen LogP contribution in [0.5, 0.6) is 0 Å². The Hall–Kier alpha value is -1.85. The third-order valence-corrected chi connectivity index (χ3v) is 4.66. The molecule has 1 aromatic heterocycles. The van der Waals surface area contributed by atoms with Gasteiger partial charge in [-0.15, -0.1) is 0 Å². The first-order valence-electron chi connectivity index (χ1n) is 9.04. The molecule has 6 heteroatoms. The van der Waals surface area contributed by atoms with Crippen LogP contribution in [0.25, 0.3) is 0 Å². The maximum atomic E-state index is 12.6. The Morgan fingerprint density at radius 1 is 1.17 bits per heavy atom. The van der Waals surface area contributed by atoms with E-state index in [2.05, 4.69) is 15.6 Å². The van der Waals surface area contributed by atoms with E-state index in [0.29, 0.717) is 6.54 Å². The van der Waals surface area contributed by atoms with Gasteiger partial charge in [0.25, 0.3) is 0 Å². The molecule has 134 valence electrons. The van der Waals surface area contributed by atoms with Crippen molar-refractivity contribution in [1.82, 2.24) is 20.2 Å². The van der Waals surface area contributed by atoms with E-state index in [9.17, 15) is 9.59 Å². The SMILES string of the molecule is CC(Cn1ccnc1)NC(=O)C(NC(=O)C1CCCCC1)C(C)C. The molecular formula is C18H30N4O2. The maximum Gasteiger partial charge on any atom is 0.243 e. The van der Waals surface area contributed by atoms with Crippen LogP contribution in [0.4, 0.5) is 0 Å². The lowest BCUT2D eigenvalue weighted by Gasteiger charge is -2.27. The molecule has 1 aromatic rings. The summed E-state index contributed by atoms with van der Waals surface area (Å²) in [7, 11) is 0. The van der Waals surface area contributed by atoms with Gasteiger partial charge in [-0.1, -0.05) is 33.1 Å². The van der Waals surface area contributed by atoms with Crippen molar-refractivity contribution in [2.75, 3.05) is 0 Å². The highest BCUT2D eigenvalue weighted by molar-refractivity contribution is 5.88. The molecule has 1 saturated carbocycles. The molecule has 1 heterocycles. The summed E-state index contributed by atoms with van der Waals surface area (Å²) in [5.74, 6) is 0.0433. The van der Waals surface area contributed by atoms with Crippen molar-refractivity contribution in [2.24, 2.45) is 11.8 Å². The molecule has 2 atom stereocenters. The average molecular weight is 334 g/mol. The number of rotatable bonds is 7. The Kier molecular flexibility index (Phi) is 6.82. The van der Waals surface area contributed by atoms with Gasteiger partial charge in [0.05, 0.1) is 6.33 Å². The Labute approximate surface area is 144 Å². The molecule has 2 rings (SSSR count). The molecule has 0 aromatic carbocycles. The predicted molar refractivity (Wildman–Crippen MR) is 93.2 cm³/mol. The van der Waals surface area contributed by atoms with Gasteiger partial charge < -0.3 is 15.2 Å². The minimum absolute atomic E-state index is 0.0282. The lowest BCUT2D eigenvalue weighted by molar-refractivity contribution is -0.133. The van der Waals surface area contributed by atoms with Gasteiger partial charge in [0.15, 0.2) is 0 Å². The summed E-state index contributed by atoms with van der Waals surface area (Å²) < 4.78 is 1.93. The highest BCUT2D eigenvalue weighted by Gasteiger charge is 2.29. The van der Waals surface area contributed by atoms with E-state index in [-0.39, 0.29) is 29.7 Å². The van der Waals surface area contributed by atoms with E-state index in [4.69, 9.17) is 0 Å². The number of carbonyl (C=O) groups excluding carboxylic acids is 2. The lowest BCUT2D eigenvalue weighted by atomic mass is 9.88. The third-order valence-electron chi connectivity index (χ3n) is 4.66. The van der Waals surface area contributed by atoms with Gasteiger partial charge in [0.2, 0.25) is 11.8 Å². The Bertz CT molecular complexity index is 521. The molecule has 1 fully saturated rings. The van der Waals surface area contributed by atoms with Crippen LogP contribution in [0.1, 0.15) is 52.9 Å². The zero-order valence-corrected chi connectivity index (χ0v) is 15.0. The second-order valence-corrected chi connectivity index (χ2v) is 7.23. The van der Waals surface area contributed by atoms with Gasteiger partial charge >= 0.3 is 0 Å². The third kappa shape index (κ3) is 5.35. The van der Waals surface area contributed by atoms with E-state index in [1.54, 1.807) is 12.5 Å². The van der Waals surface area contributed by atoms with Gasteiger partial charge in [-0.05, 0) is 25.7 Å². The van der Waals surface area contributed by atoms with Crippen LogP contribution in [-0.4, -0.2) is 33.4 Å². The summed E-state index contributed by atoms with van der Waals surface area (Å²) >= 11 is 0. The van der Waals surface area contributed by atoms with Crippen LogP contribution in [0, 0.1) is 11.8 Å². The van der Waals surface area contributed by atoms with Crippen molar-refractivity contribution in [3.63, 3.8) is 0 Å². The normalized spacial score (nSPS) is 18.2. The standard InChI is InChI=1S/C18H30N4O2/c1-13(2)16(21-17(23)15-7-5-4-6-8-15)18(24)20-14(3)11-22-10-9-19-12-22/h9-10,12-16H,4-8,11H2,1-3H3,(H,20,24)(H,21,23). The van der Waals surface area contributed by atoms with E-state index in [1.165, 1.54) is 6.42 Å². The number of nitrogens with zero attached hydrogens (tertiary/aromatic N) is 2. The fourth-order valence-corrected chi connectivity index (χ4v) is 3.26. The topological polar surface area (TPSA) is 76.0 Å². The summed E-state index contributed by atoms with van der Waals surface area (Å²) in [4.78, 5) is 29.0. The van der Waals surface area contributed by atoms with Gasteiger partial charge in [-0.25, -0.2) is 4.98 Å². The number of carbonyl (C=O) groups is 2. The molecule has 1 aliphatic rings. The van der Waals surface area contributed by atoms with Crippen LogP contribution in [0.15, 0.2) is 18.7 Å². The molecule has 0 radical (unpaired) electrons. The van der Waals surface area contributed by atoms with Crippen molar-refractivity contribution in [2.45, 2.75) is 71.5 Å². The van der Waals surface area contributed by atoms with Gasteiger partial charge in [0.1, 0.15) is 6.04 Å². The van der Waals surface area contributed by atoms with Crippen LogP contribution < -0.4 is 10.6 Å². The quantitative estimate of drug-likeness (QED) is 0.802. The molecule has 0 aliphatic heterocycles. The number of nitrogens with one attached hydrogen (secondary N) is 2. The Morgan fingerprint density at radius 2 is 1.88 bits per heavy atom. The van der Waals surface area contributed by atoms with Crippen LogP contribution in [0.3, 0.4) is 0 Å². The lowest BCUT2D eigenvalue weighted by Crippen LogP contribution is -2.53. The molecule has 2 unspecified atom stereocenters. The smallest absolute Gasteiger partial charge is 0.243 e. The van der Waals surface area contributed by atoms with Crippen molar-refractivity contribution < 1.29 is 9.59 Å². The Morgan fingerprint density at radius 3 is 2.46 bits per heavy atom. The van der Waals surface area contributed by atoms with Gasteiger partial charge in [-0.2, -0.15) is 0 Å². The minimum Gasteiger partial charge on any atom is -0.350 e. The fourth-order valence-electron chi connectivity index (χ4n) is 3.26. The molecule has 6 nitrogen and oxygen atoms in total. The predicted octanol–water partition coefficient (Wildman–Crippen LogP) is 2.11. The molecule has 2 N–H and O–H groups in total. The number of hydrogen-bond donors (Lipinski definition) is 2. The Balaban J connectivity index is 1.88. The molecule has 0 bridgehead atoms. The molecule has 24 heavy (non-hydrogen) atoms. The van der Waals surface area contributed by atoms with E-state index < -0.39 is 6.04 Å². The first-order valence-corrected chi connectivity index (χ1v) is 9.04. The molecule has 2 amide bonds. The zero-order valence-electron chi connectivity index (χ0n) is 15.0. The van der Waals surface area contributed by atoms with E-state index in [0.717, 1.165) is 25.7 Å². The molecule has 1 aliphatic carbocycles. The second-order valence-electron chi connectivity index (χ2n) is 7.23. The number of amides is 2. The number of aromatic nitrogens is 2.